The minimum Gasteiger partial charge on any atom is -0.147 e. The molecule has 2 rings (SSSR count). The summed E-state index contributed by atoms with van der Waals surface area (Å²) >= 11 is 15.0. The first-order chi connectivity index (χ1) is 7.18. The molecule has 0 bridgehead atoms. The van der Waals surface area contributed by atoms with Crippen LogP contribution in [0.4, 0.5) is 0 Å². The van der Waals surface area contributed by atoms with Crippen LogP contribution in [-0.2, 0) is 0 Å². The summed E-state index contributed by atoms with van der Waals surface area (Å²) in [6.45, 7) is 0. The standard InChI is InChI=1S/C11H7Br2ClS/c12-7-3-4-9(13)8(6-7)11(14)10-2-1-5-15-10/h1-6,11H. The van der Waals surface area contributed by atoms with E-state index in [4.69, 9.17) is 11.6 Å². The summed E-state index contributed by atoms with van der Waals surface area (Å²) in [7, 11) is 0. The number of thiophene rings is 1. The lowest BCUT2D eigenvalue weighted by molar-refractivity contribution is 1.16. The van der Waals surface area contributed by atoms with E-state index in [0.29, 0.717) is 0 Å². The van der Waals surface area contributed by atoms with Gasteiger partial charge in [0.25, 0.3) is 0 Å². The van der Waals surface area contributed by atoms with Crippen molar-refractivity contribution >= 4 is 54.8 Å². The highest BCUT2D eigenvalue weighted by Crippen LogP contribution is 2.37. The monoisotopic (exact) mass is 364 g/mol. The molecule has 0 saturated carbocycles. The van der Waals surface area contributed by atoms with Crippen molar-refractivity contribution in [3.63, 3.8) is 0 Å². The predicted octanol–water partition coefficient (Wildman–Crippen LogP) is 5.60. The van der Waals surface area contributed by atoms with Gasteiger partial charge >= 0.3 is 0 Å². The molecule has 0 amide bonds. The van der Waals surface area contributed by atoms with Gasteiger partial charge in [-0.3, -0.25) is 0 Å². The summed E-state index contributed by atoms with van der Waals surface area (Å²) in [5.41, 5.74) is 1.09. The van der Waals surface area contributed by atoms with Crippen LogP contribution in [0.15, 0.2) is 44.7 Å². The van der Waals surface area contributed by atoms with E-state index in [1.807, 2.05) is 29.6 Å². The average Bonchev–Trinajstić information content (AvgIpc) is 2.74. The van der Waals surface area contributed by atoms with Gasteiger partial charge in [-0.25, -0.2) is 0 Å². The van der Waals surface area contributed by atoms with Gasteiger partial charge in [0.15, 0.2) is 0 Å². The highest BCUT2D eigenvalue weighted by Gasteiger charge is 2.14. The van der Waals surface area contributed by atoms with Gasteiger partial charge in [0, 0.05) is 13.8 Å². The van der Waals surface area contributed by atoms with E-state index in [9.17, 15) is 0 Å². The van der Waals surface area contributed by atoms with Crippen LogP contribution in [0.25, 0.3) is 0 Å². The molecule has 0 fully saturated rings. The summed E-state index contributed by atoms with van der Waals surface area (Å²) < 4.78 is 2.09. The van der Waals surface area contributed by atoms with Crippen LogP contribution in [0.2, 0.25) is 0 Å². The van der Waals surface area contributed by atoms with E-state index in [1.54, 1.807) is 11.3 Å². The van der Waals surface area contributed by atoms with Gasteiger partial charge in [0.2, 0.25) is 0 Å². The fourth-order valence-corrected chi connectivity index (χ4v) is 3.41. The minimum absolute atomic E-state index is 0.0862. The molecule has 15 heavy (non-hydrogen) atoms. The SMILES string of the molecule is ClC(c1cccs1)c1cc(Br)ccc1Br. The number of benzene rings is 1. The number of halogens is 3. The largest absolute Gasteiger partial charge is 0.147 e. The van der Waals surface area contributed by atoms with Crippen LogP contribution in [0.3, 0.4) is 0 Å². The Morgan fingerprint density at radius 1 is 1.20 bits per heavy atom. The van der Waals surface area contributed by atoms with Crippen molar-refractivity contribution < 1.29 is 0 Å². The zero-order valence-electron chi connectivity index (χ0n) is 7.58. The first kappa shape index (κ1) is 11.6. The van der Waals surface area contributed by atoms with Crippen LogP contribution < -0.4 is 0 Å². The molecule has 0 nitrogen and oxygen atoms in total. The Balaban J connectivity index is 2.41. The Hall–Kier alpha value is 0.170. The molecule has 0 N–H and O–H groups in total. The Kier molecular flexibility index (Phi) is 3.88. The van der Waals surface area contributed by atoms with Crippen LogP contribution in [0, 0.1) is 0 Å². The molecular weight excluding hydrogens is 359 g/mol. The fraction of sp³-hybridized carbons (Fsp3) is 0.0909. The van der Waals surface area contributed by atoms with E-state index in [0.717, 1.165) is 19.4 Å². The molecule has 1 aromatic heterocycles. The third kappa shape index (κ3) is 2.64. The van der Waals surface area contributed by atoms with Gasteiger partial charge in [-0.2, -0.15) is 0 Å². The highest BCUT2D eigenvalue weighted by atomic mass is 79.9. The second-order valence-electron chi connectivity index (χ2n) is 3.04. The molecule has 1 aromatic carbocycles. The Morgan fingerprint density at radius 3 is 2.67 bits per heavy atom. The highest BCUT2D eigenvalue weighted by molar-refractivity contribution is 9.11. The molecule has 0 aliphatic carbocycles. The van der Waals surface area contributed by atoms with E-state index >= 15 is 0 Å². The lowest BCUT2D eigenvalue weighted by Crippen LogP contribution is -1.91. The Morgan fingerprint density at radius 2 is 2.00 bits per heavy atom. The summed E-state index contributed by atoms with van der Waals surface area (Å²) in [4.78, 5) is 1.16. The molecule has 0 spiro atoms. The molecule has 1 atom stereocenters. The molecule has 4 heteroatoms. The topological polar surface area (TPSA) is 0 Å². The van der Waals surface area contributed by atoms with Crippen LogP contribution >= 0.6 is 54.8 Å². The summed E-state index contributed by atoms with van der Waals surface area (Å²) in [5, 5.41) is 1.95. The Bertz CT molecular complexity index is 454. The molecule has 2 aromatic rings. The van der Waals surface area contributed by atoms with E-state index in [-0.39, 0.29) is 5.38 Å². The normalized spacial score (nSPS) is 12.7. The molecule has 0 aliphatic heterocycles. The van der Waals surface area contributed by atoms with E-state index in [2.05, 4.69) is 37.9 Å². The molecule has 1 heterocycles. The second-order valence-corrected chi connectivity index (χ2v) is 6.23. The molecule has 1 unspecified atom stereocenters. The number of rotatable bonds is 2. The third-order valence-electron chi connectivity index (χ3n) is 2.02. The van der Waals surface area contributed by atoms with Crippen LogP contribution in [-0.4, -0.2) is 0 Å². The van der Waals surface area contributed by atoms with Crippen molar-refractivity contribution in [1.29, 1.82) is 0 Å². The van der Waals surface area contributed by atoms with Gasteiger partial charge in [-0.1, -0.05) is 37.9 Å². The van der Waals surface area contributed by atoms with Gasteiger partial charge in [-0.15, -0.1) is 22.9 Å². The quantitative estimate of drug-likeness (QED) is 0.607. The maximum atomic E-state index is 6.41. The lowest BCUT2D eigenvalue weighted by atomic mass is 10.1. The average molecular weight is 367 g/mol. The van der Waals surface area contributed by atoms with Crippen LogP contribution in [0.5, 0.6) is 0 Å². The Labute approximate surface area is 115 Å². The minimum atomic E-state index is -0.0862. The van der Waals surface area contributed by atoms with Crippen molar-refractivity contribution in [2.45, 2.75) is 5.38 Å². The zero-order valence-corrected chi connectivity index (χ0v) is 12.3. The van der Waals surface area contributed by atoms with Gasteiger partial charge < -0.3 is 0 Å². The smallest absolute Gasteiger partial charge is 0.0939 e. The van der Waals surface area contributed by atoms with Crippen molar-refractivity contribution in [3.8, 4) is 0 Å². The molecule has 0 radical (unpaired) electrons. The number of alkyl halides is 1. The third-order valence-corrected chi connectivity index (χ3v) is 4.78. The lowest BCUT2D eigenvalue weighted by Gasteiger charge is -2.10. The maximum Gasteiger partial charge on any atom is 0.0939 e. The summed E-state index contributed by atoms with van der Waals surface area (Å²) in [5.74, 6) is 0. The van der Waals surface area contributed by atoms with Crippen LogP contribution in [0.1, 0.15) is 15.8 Å². The number of hydrogen-bond donors (Lipinski definition) is 0. The molecule has 0 saturated heterocycles. The fourth-order valence-electron chi connectivity index (χ4n) is 1.30. The summed E-state index contributed by atoms with van der Waals surface area (Å²) in [6, 6.07) is 10.1. The second kappa shape index (κ2) is 5.00. The van der Waals surface area contributed by atoms with E-state index in [1.165, 1.54) is 0 Å². The van der Waals surface area contributed by atoms with E-state index < -0.39 is 0 Å². The first-order valence-corrected chi connectivity index (χ1v) is 7.21. The van der Waals surface area contributed by atoms with Crippen molar-refractivity contribution in [1.82, 2.24) is 0 Å². The van der Waals surface area contributed by atoms with Crippen molar-refractivity contribution in [3.05, 3.63) is 55.1 Å². The predicted molar refractivity (Wildman–Crippen MR) is 73.9 cm³/mol. The van der Waals surface area contributed by atoms with Crippen molar-refractivity contribution in [2.75, 3.05) is 0 Å². The van der Waals surface area contributed by atoms with Gasteiger partial charge in [0.1, 0.15) is 0 Å². The number of hydrogen-bond acceptors (Lipinski definition) is 1. The van der Waals surface area contributed by atoms with Gasteiger partial charge in [0.05, 0.1) is 5.38 Å². The van der Waals surface area contributed by atoms with Gasteiger partial charge in [-0.05, 0) is 35.2 Å². The molecule has 0 aliphatic rings. The molecule has 78 valence electrons. The summed E-state index contributed by atoms with van der Waals surface area (Å²) in [6.07, 6.45) is 0. The zero-order chi connectivity index (χ0) is 10.8. The molecular formula is C11H7Br2ClS. The maximum absolute atomic E-state index is 6.41. The van der Waals surface area contributed by atoms with Crippen molar-refractivity contribution in [2.24, 2.45) is 0 Å². The first-order valence-electron chi connectivity index (χ1n) is 4.31.